The molecule has 0 unspecified atom stereocenters. The zero-order chi connectivity index (χ0) is 7.33. The van der Waals surface area contributed by atoms with Gasteiger partial charge < -0.3 is 10.6 Å². The quantitative estimate of drug-likeness (QED) is 0.553. The third-order valence-electron chi connectivity index (χ3n) is 2.16. The Morgan fingerprint density at radius 3 is 1.33 bits per heavy atom. The minimum absolute atomic E-state index is 0.167. The summed E-state index contributed by atoms with van der Waals surface area (Å²) in [5, 5.41) is 6.51. The highest BCUT2D eigenvalue weighted by Crippen LogP contribution is 2.07. The van der Waals surface area contributed by atoms with Crippen LogP contribution in [-0.4, -0.2) is 19.8 Å². The van der Waals surface area contributed by atoms with E-state index in [2.05, 4.69) is 24.5 Å². The summed E-state index contributed by atoms with van der Waals surface area (Å²) in [5.41, 5.74) is 0.167. The summed E-state index contributed by atoms with van der Waals surface area (Å²) in [7, 11) is 3.98. The topological polar surface area (TPSA) is 24.1 Å². The zero-order valence-corrected chi connectivity index (χ0v) is 6.91. The molecule has 2 N–H and O–H groups in total. The molecule has 0 aromatic rings. The van der Waals surface area contributed by atoms with Crippen LogP contribution in [0.25, 0.3) is 0 Å². The van der Waals surface area contributed by atoms with Crippen LogP contribution in [0.2, 0.25) is 0 Å². The lowest BCUT2D eigenvalue weighted by Gasteiger charge is -2.30. The van der Waals surface area contributed by atoms with Crippen LogP contribution in [0.4, 0.5) is 0 Å². The van der Waals surface area contributed by atoms with Gasteiger partial charge in [-0.3, -0.25) is 0 Å². The average molecular weight is 130 g/mol. The van der Waals surface area contributed by atoms with Crippen molar-refractivity contribution < 1.29 is 0 Å². The number of hydrogen-bond donors (Lipinski definition) is 2. The molecule has 0 spiro atoms. The molecule has 9 heavy (non-hydrogen) atoms. The van der Waals surface area contributed by atoms with Crippen molar-refractivity contribution in [1.29, 1.82) is 0 Å². The Hall–Kier alpha value is -0.0800. The van der Waals surface area contributed by atoms with Crippen molar-refractivity contribution in [3.63, 3.8) is 0 Å². The van der Waals surface area contributed by atoms with Crippen LogP contribution in [0.3, 0.4) is 0 Å². The van der Waals surface area contributed by atoms with Crippen LogP contribution >= 0.6 is 0 Å². The highest BCUT2D eigenvalue weighted by atomic mass is 15.2. The summed E-state index contributed by atoms with van der Waals surface area (Å²) in [6.07, 6.45) is 2.24. The van der Waals surface area contributed by atoms with E-state index >= 15 is 0 Å². The minimum Gasteiger partial charge on any atom is -0.302 e. The highest BCUT2D eigenvalue weighted by Gasteiger charge is 2.19. The molecule has 2 heteroatoms. The molecule has 56 valence electrons. The SMILES string of the molecule is CCC(CC)(NC)NC. The maximum absolute atomic E-state index is 3.25. The van der Waals surface area contributed by atoms with Crippen LogP contribution in [0.15, 0.2) is 0 Å². The second-order valence-corrected chi connectivity index (χ2v) is 2.29. The van der Waals surface area contributed by atoms with E-state index in [0.29, 0.717) is 0 Å². The van der Waals surface area contributed by atoms with Gasteiger partial charge in [0.1, 0.15) is 0 Å². The van der Waals surface area contributed by atoms with Crippen LogP contribution < -0.4 is 10.6 Å². The summed E-state index contributed by atoms with van der Waals surface area (Å²) in [4.78, 5) is 0. The molecule has 0 heterocycles. The summed E-state index contributed by atoms with van der Waals surface area (Å²) in [6, 6.07) is 0. The second kappa shape index (κ2) is 3.85. The lowest BCUT2D eigenvalue weighted by Crippen LogP contribution is -2.52. The fourth-order valence-electron chi connectivity index (χ4n) is 1.08. The fourth-order valence-corrected chi connectivity index (χ4v) is 1.08. The van der Waals surface area contributed by atoms with E-state index in [9.17, 15) is 0 Å². The molecule has 0 aliphatic heterocycles. The van der Waals surface area contributed by atoms with Crippen molar-refractivity contribution >= 4 is 0 Å². The monoisotopic (exact) mass is 130 g/mol. The van der Waals surface area contributed by atoms with E-state index in [-0.39, 0.29) is 5.66 Å². The summed E-state index contributed by atoms with van der Waals surface area (Å²) < 4.78 is 0. The first kappa shape index (κ1) is 8.92. The Kier molecular flexibility index (Phi) is 3.82. The van der Waals surface area contributed by atoms with Gasteiger partial charge in [-0.15, -0.1) is 0 Å². The van der Waals surface area contributed by atoms with E-state index in [1.807, 2.05) is 14.1 Å². The third kappa shape index (κ3) is 1.95. The molecule has 0 fully saturated rings. The smallest absolute Gasteiger partial charge is 0.0676 e. The zero-order valence-electron chi connectivity index (χ0n) is 6.91. The standard InChI is InChI=1S/C7H18N2/c1-5-7(6-2,8-3)9-4/h8-9H,5-6H2,1-4H3. The van der Waals surface area contributed by atoms with Gasteiger partial charge in [0.2, 0.25) is 0 Å². The number of nitrogens with one attached hydrogen (secondary N) is 2. The van der Waals surface area contributed by atoms with Crippen molar-refractivity contribution in [2.45, 2.75) is 32.4 Å². The van der Waals surface area contributed by atoms with Gasteiger partial charge in [-0.05, 0) is 26.9 Å². The average Bonchev–Trinajstić information content (AvgIpc) is 1.95. The molecule has 0 rings (SSSR count). The Morgan fingerprint density at radius 2 is 1.33 bits per heavy atom. The van der Waals surface area contributed by atoms with Gasteiger partial charge in [0.25, 0.3) is 0 Å². The molecule has 0 aromatic carbocycles. The van der Waals surface area contributed by atoms with Gasteiger partial charge in [0.05, 0.1) is 5.66 Å². The van der Waals surface area contributed by atoms with Crippen molar-refractivity contribution in [2.24, 2.45) is 0 Å². The lowest BCUT2D eigenvalue weighted by molar-refractivity contribution is 0.274. The Bertz CT molecular complexity index is 49.8. The summed E-state index contributed by atoms with van der Waals surface area (Å²) in [5.74, 6) is 0. The van der Waals surface area contributed by atoms with Crippen LogP contribution in [-0.2, 0) is 0 Å². The Balaban J connectivity index is 3.82. The Morgan fingerprint density at radius 1 is 1.00 bits per heavy atom. The fraction of sp³-hybridized carbons (Fsp3) is 1.00. The predicted octanol–water partition coefficient (Wildman–Crippen LogP) is 0.942. The lowest BCUT2D eigenvalue weighted by atomic mass is 10.1. The maximum Gasteiger partial charge on any atom is 0.0676 e. The van der Waals surface area contributed by atoms with Gasteiger partial charge in [-0.25, -0.2) is 0 Å². The molecular weight excluding hydrogens is 112 g/mol. The van der Waals surface area contributed by atoms with E-state index in [0.717, 1.165) is 12.8 Å². The summed E-state index contributed by atoms with van der Waals surface area (Å²) in [6.45, 7) is 4.35. The molecule has 0 aromatic heterocycles. The second-order valence-electron chi connectivity index (χ2n) is 2.29. The van der Waals surface area contributed by atoms with Crippen molar-refractivity contribution in [3.8, 4) is 0 Å². The van der Waals surface area contributed by atoms with Crippen molar-refractivity contribution in [2.75, 3.05) is 14.1 Å². The van der Waals surface area contributed by atoms with Crippen molar-refractivity contribution in [1.82, 2.24) is 10.6 Å². The summed E-state index contributed by atoms with van der Waals surface area (Å²) >= 11 is 0. The van der Waals surface area contributed by atoms with Gasteiger partial charge in [0.15, 0.2) is 0 Å². The number of hydrogen-bond acceptors (Lipinski definition) is 2. The first-order chi connectivity index (χ1) is 4.24. The van der Waals surface area contributed by atoms with E-state index in [1.54, 1.807) is 0 Å². The molecule has 0 bridgehead atoms. The molecule has 0 radical (unpaired) electrons. The van der Waals surface area contributed by atoms with Crippen LogP contribution in [0.1, 0.15) is 26.7 Å². The minimum atomic E-state index is 0.167. The molecule has 0 saturated carbocycles. The number of rotatable bonds is 4. The van der Waals surface area contributed by atoms with Crippen LogP contribution in [0, 0.1) is 0 Å². The maximum atomic E-state index is 3.25. The van der Waals surface area contributed by atoms with Gasteiger partial charge in [0, 0.05) is 0 Å². The first-order valence-electron chi connectivity index (χ1n) is 3.62. The van der Waals surface area contributed by atoms with Gasteiger partial charge in [-0.1, -0.05) is 13.8 Å². The molecule has 0 aliphatic carbocycles. The predicted molar refractivity (Wildman–Crippen MR) is 41.4 cm³/mol. The molecule has 0 saturated heterocycles. The molecule has 0 amide bonds. The third-order valence-corrected chi connectivity index (χ3v) is 2.16. The van der Waals surface area contributed by atoms with Gasteiger partial charge in [-0.2, -0.15) is 0 Å². The van der Waals surface area contributed by atoms with E-state index in [1.165, 1.54) is 0 Å². The Labute approximate surface area is 58.0 Å². The highest BCUT2D eigenvalue weighted by molar-refractivity contribution is 4.78. The van der Waals surface area contributed by atoms with Crippen LogP contribution in [0.5, 0.6) is 0 Å². The van der Waals surface area contributed by atoms with E-state index in [4.69, 9.17) is 0 Å². The molecule has 2 nitrogen and oxygen atoms in total. The molecule has 0 atom stereocenters. The first-order valence-corrected chi connectivity index (χ1v) is 3.62. The normalized spacial score (nSPS) is 12.0. The van der Waals surface area contributed by atoms with Gasteiger partial charge >= 0.3 is 0 Å². The molecular formula is C7H18N2. The molecule has 0 aliphatic rings. The van der Waals surface area contributed by atoms with Crippen molar-refractivity contribution in [3.05, 3.63) is 0 Å². The van der Waals surface area contributed by atoms with E-state index < -0.39 is 0 Å². The largest absolute Gasteiger partial charge is 0.302 e.